The van der Waals surface area contributed by atoms with E-state index < -0.39 is 0 Å². The Morgan fingerprint density at radius 1 is 1.17 bits per heavy atom. The number of ether oxygens (including phenoxy) is 1. The average molecular weight is 326 g/mol. The Hall–Kier alpha value is -2.30. The van der Waals surface area contributed by atoms with E-state index in [1.165, 1.54) is 0 Å². The van der Waals surface area contributed by atoms with Crippen LogP contribution >= 0.6 is 0 Å². The molecular formula is C19H22N2O3. The van der Waals surface area contributed by atoms with Gasteiger partial charge in [0, 0.05) is 12.0 Å². The van der Waals surface area contributed by atoms with Gasteiger partial charge in [-0.1, -0.05) is 12.2 Å². The smallest absolute Gasteiger partial charge is 0.253 e. The molecule has 5 nitrogen and oxygen atoms in total. The minimum absolute atomic E-state index is 0.0116. The number of fused-ring (bicyclic) bond motifs is 2. The number of rotatable bonds is 5. The van der Waals surface area contributed by atoms with Gasteiger partial charge < -0.3 is 15.4 Å². The Bertz CT molecular complexity index is 709. The maximum atomic E-state index is 12.7. The molecule has 24 heavy (non-hydrogen) atoms. The van der Waals surface area contributed by atoms with Gasteiger partial charge in [-0.15, -0.1) is 0 Å². The molecule has 1 aromatic carbocycles. The van der Waals surface area contributed by atoms with Crippen molar-refractivity contribution in [2.24, 2.45) is 17.8 Å². The number of carbonyl (C=O) groups is 2. The summed E-state index contributed by atoms with van der Waals surface area (Å²) in [5.74, 6) is 1.37. The molecular weight excluding hydrogens is 304 g/mol. The molecule has 0 aliphatic heterocycles. The second kappa shape index (κ2) is 5.96. The van der Waals surface area contributed by atoms with Gasteiger partial charge in [0.2, 0.25) is 5.91 Å². The molecule has 1 aromatic rings. The Kier molecular flexibility index (Phi) is 3.79. The highest BCUT2D eigenvalue weighted by Gasteiger charge is 2.40. The number of hydrogen-bond donors (Lipinski definition) is 2. The van der Waals surface area contributed by atoms with Crippen LogP contribution in [0, 0.1) is 17.8 Å². The molecule has 2 amide bonds. The number of allylic oxidation sites excluding steroid dienone is 2. The lowest BCUT2D eigenvalue weighted by atomic mass is 9.92. The minimum Gasteiger partial charge on any atom is -0.497 e. The van der Waals surface area contributed by atoms with Crippen LogP contribution in [0.4, 0.5) is 5.69 Å². The van der Waals surface area contributed by atoms with Crippen molar-refractivity contribution in [1.29, 1.82) is 0 Å². The van der Waals surface area contributed by atoms with Gasteiger partial charge in [0.05, 0.1) is 18.4 Å². The van der Waals surface area contributed by atoms with Gasteiger partial charge in [0.15, 0.2) is 0 Å². The normalized spacial score (nSPS) is 27.1. The van der Waals surface area contributed by atoms with Gasteiger partial charge in [-0.05, 0) is 55.7 Å². The summed E-state index contributed by atoms with van der Waals surface area (Å²) in [5, 5.41) is 5.95. The van der Waals surface area contributed by atoms with E-state index in [0.29, 0.717) is 28.8 Å². The molecule has 3 atom stereocenters. The van der Waals surface area contributed by atoms with Crippen molar-refractivity contribution in [1.82, 2.24) is 5.32 Å². The van der Waals surface area contributed by atoms with E-state index in [1.54, 1.807) is 25.3 Å². The maximum Gasteiger partial charge on any atom is 0.253 e. The highest BCUT2D eigenvalue weighted by molar-refractivity contribution is 6.04. The highest BCUT2D eigenvalue weighted by Crippen LogP contribution is 2.44. The van der Waals surface area contributed by atoms with Gasteiger partial charge in [-0.25, -0.2) is 0 Å². The second-order valence-electron chi connectivity index (χ2n) is 7.04. The van der Waals surface area contributed by atoms with E-state index >= 15 is 0 Å². The number of hydrogen-bond acceptors (Lipinski definition) is 3. The molecule has 0 saturated heterocycles. The zero-order valence-electron chi connectivity index (χ0n) is 13.7. The lowest BCUT2D eigenvalue weighted by Crippen LogP contribution is -2.29. The first-order valence-electron chi connectivity index (χ1n) is 8.62. The van der Waals surface area contributed by atoms with Crippen LogP contribution in [0.15, 0.2) is 30.4 Å². The summed E-state index contributed by atoms with van der Waals surface area (Å²) in [6.07, 6.45) is 8.41. The zero-order chi connectivity index (χ0) is 16.7. The summed E-state index contributed by atoms with van der Waals surface area (Å²) in [6.45, 7) is 0. The predicted octanol–water partition coefficient (Wildman–Crippen LogP) is 2.74. The van der Waals surface area contributed by atoms with Crippen molar-refractivity contribution in [2.75, 3.05) is 12.4 Å². The SMILES string of the molecule is COc1ccc(NC(=O)C2CC3C=CC2C3)c(C(=O)NC2CC2)c1. The second-order valence-corrected chi connectivity index (χ2v) is 7.04. The van der Waals surface area contributed by atoms with Crippen LogP contribution in [0.5, 0.6) is 5.75 Å². The summed E-state index contributed by atoms with van der Waals surface area (Å²) < 4.78 is 5.22. The third kappa shape index (κ3) is 2.90. The Morgan fingerprint density at radius 2 is 2.00 bits per heavy atom. The summed E-state index contributed by atoms with van der Waals surface area (Å²) in [4.78, 5) is 25.1. The first kappa shape index (κ1) is 15.2. The number of anilines is 1. The van der Waals surface area contributed by atoms with Crippen molar-refractivity contribution in [3.05, 3.63) is 35.9 Å². The number of benzene rings is 1. The topological polar surface area (TPSA) is 67.4 Å². The predicted molar refractivity (Wildman–Crippen MR) is 91.0 cm³/mol. The van der Waals surface area contributed by atoms with Crippen molar-refractivity contribution in [3.8, 4) is 5.75 Å². The van der Waals surface area contributed by atoms with Gasteiger partial charge in [0.1, 0.15) is 5.75 Å². The standard InChI is InChI=1S/C19H22N2O3/c1-24-14-6-7-17(16(10-14)19(23)20-13-4-5-13)21-18(22)15-9-11-2-3-12(15)8-11/h2-3,6-7,10-13,15H,4-5,8-9H2,1H3,(H,20,23)(H,21,22). The van der Waals surface area contributed by atoms with E-state index in [0.717, 1.165) is 25.7 Å². The van der Waals surface area contributed by atoms with E-state index in [4.69, 9.17) is 4.74 Å². The van der Waals surface area contributed by atoms with E-state index in [9.17, 15) is 9.59 Å². The molecule has 3 aliphatic carbocycles. The molecule has 2 bridgehead atoms. The van der Waals surface area contributed by atoms with Crippen molar-refractivity contribution in [2.45, 2.75) is 31.7 Å². The molecule has 0 radical (unpaired) electrons. The van der Waals surface area contributed by atoms with E-state index in [-0.39, 0.29) is 23.8 Å². The van der Waals surface area contributed by atoms with Gasteiger partial charge in [-0.3, -0.25) is 9.59 Å². The molecule has 5 heteroatoms. The molecule has 0 spiro atoms. The molecule has 0 aromatic heterocycles. The highest BCUT2D eigenvalue weighted by atomic mass is 16.5. The number of carbonyl (C=O) groups excluding carboxylic acids is 2. The zero-order valence-corrected chi connectivity index (χ0v) is 13.7. The number of methoxy groups -OCH3 is 1. The maximum absolute atomic E-state index is 12.7. The Balaban J connectivity index is 1.53. The quantitative estimate of drug-likeness (QED) is 0.818. The largest absolute Gasteiger partial charge is 0.497 e. The fraction of sp³-hybridized carbons (Fsp3) is 0.474. The molecule has 2 fully saturated rings. The van der Waals surface area contributed by atoms with Gasteiger partial charge in [0.25, 0.3) is 5.91 Å². The molecule has 3 unspecified atom stereocenters. The summed E-state index contributed by atoms with van der Waals surface area (Å²) in [5.41, 5.74) is 1.03. The fourth-order valence-corrected chi connectivity index (χ4v) is 3.75. The van der Waals surface area contributed by atoms with Crippen LogP contribution < -0.4 is 15.4 Å². The van der Waals surface area contributed by atoms with Crippen LogP contribution in [0.3, 0.4) is 0 Å². The summed E-state index contributed by atoms with van der Waals surface area (Å²) >= 11 is 0. The Morgan fingerprint density at radius 3 is 2.62 bits per heavy atom. The molecule has 2 N–H and O–H groups in total. The number of nitrogens with one attached hydrogen (secondary N) is 2. The molecule has 3 aliphatic rings. The van der Waals surface area contributed by atoms with Crippen LogP contribution in [0.25, 0.3) is 0 Å². The van der Waals surface area contributed by atoms with Gasteiger partial charge >= 0.3 is 0 Å². The Labute approximate surface area is 141 Å². The molecule has 2 saturated carbocycles. The molecule has 4 rings (SSSR count). The number of amides is 2. The first-order valence-corrected chi connectivity index (χ1v) is 8.62. The summed E-state index contributed by atoms with van der Waals surface area (Å²) in [6, 6.07) is 5.47. The van der Waals surface area contributed by atoms with Crippen molar-refractivity contribution >= 4 is 17.5 Å². The monoisotopic (exact) mass is 326 g/mol. The summed E-state index contributed by atoms with van der Waals surface area (Å²) in [7, 11) is 1.57. The van der Waals surface area contributed by atoms with Crippen molar-refractivity contribution in [3.63, 3.8) is 0 Å². The van der Waals surface area contributed by atoms with Crippen LogP contribution in [-0.2, 0) is 4.79 Å². The van der Waals surface area contributed by atoms with Crippen LogP contribution in [0.1, 0.15) is 36.0 Å². The molecule has 0 heterocycles. The van der Waals surface area contributed by atoms with Crippen LogP contribution in [-0.4, -0.2) is 25.0 Å². The lowest BCUT2D eigenvalue weighted by molar-refractivity contribution is -0.120. The van der Waals surface area contributed by atoms with E-state index in [2.05, 4.69) is 22.8 Å². The minimum atomic E-state index is -0.153. The fourth-order valence-electron chi connectivity index (χ4n) is 3.75. The van der Waals surface area contributed by atoms with Crippen LogP contribution in [0.2, 0.25) is 0 Å². The van der Waals surface area contributed by atoms with Crippen molar-refractivity contribution < 1.29 is 14.3 Å². The lowest BCUT2D eigenvalue weighted by Gasteiger charge is -2.19. The first-order chi connectivity index (χ1) is 11.6. The average Bonchev–Trinajstić information content (AvgIpc) is 3.15. The van der Waals surface area contributed by atoms with E-state index in [1.807, 2.05) is 0 Å². The molecule has 126 valence electrons. The third-order valence-electron chi connectivity index (χ3n) is 5.26. The van der Waals surface area contributed by atoms with Gasteiger partial charge in [-0.2, -0.15) is 0 Å². The third-order valence-corrected chi connectivity index (χ3v) is 5.26.